The Labute approximate surface area is 110 Å². The zero-order valence-electron chi connectivity index (χ0n) is 11.4. The topological polar surface area (TPSA) is 12.0 Å². The molecule has 1 atom stereocenters. The lowest BCUT2D eigenvalue weighted by Crippen LogP contribution is -2.35. The second-order valence-electron chi connectivity index (χ2n) is 5.22. The van der Waals surface area contributed by atoms with Crippen LogP contribution in [0.5, 0.6) is 0 Å². The van der Waals surface area contributed by atoms with Crippen molar-refractivity contribution < 1.29 is 0 Å². The van der Waals surface area contributed by atoms with Crippen LogP contribution >= 0.6 is 0 Å². The van der Waals surface area contributed by atoms with Crippen LogP contribution in [0.15, 0.2) is 60.7 Å². The quantitative estimate of drug-likeness (QED) is 0.852. The van der Waals surface area contributed by atoms with Gasteiger partial charge in [0.05, 0.1) is 0 Å². The van der Waals surface area contributed by atoms with Gasteiger partial charge in [0.2, 0.25) is 0 Å². The molecule has 0 spiro atoms. The van der Waals surface area contributed by atoms with Gasteiger partial charge in [-0.25, -0.2) is 0 Å². The summed E-state index contributed by atoms with van der Waals surface area (Å²) in [4.78, 5) is 0. The number of likely N-dealkylation sites (N-methyl/N-ethyl adjacent to an activating group) is 1. The van der Waals surface area contributed by atoms with Crippen molar-refractivity contribution in [3.8, 4) is 0 Å². The highest BCUT2D eigenvalue weighted by Crippen LogP contribution is 2.36. The molecule has 0 aliphatic heterocycles. The van der Waals surface area contributed by atoms with Crippen molar-refractivity contribution in [3.05, 3.63) is 71.8 Å². The van der Waals surface area contributed by atoms with Crippen molar-refractivity contribution in [1.82, 2.24) is 5.32 Å². The largest absolute Gasteiger partial charge is 0.312 e. The van der Waals surface area contributed by atoms with E-state index < -0.39 is 0 Å². The summed E-state index contributed by atoms with van der Waals surface area (Å²) in [5.74, 6) is 0. The minimum Gasteiger partial charge on any atom is -0.312 e. The maximum atomic E-state index is 3.46. The second-order valence-corrected chi connectivity index (χ2v) is 5.22. The van der Waals surface area contributed by atoms with E-state index in [9.17, 15) is 0 Å². The Morgan fingerprint density at radius 2 is 1.33 bits per heavy atom. The van der Waals surface area contributed by atoms with Gasteiger partial charge in [0.1, 0.15) is 0 Å². The maximum absolute atomic E-state index is 3.46. The maximum Gasteiger partial charge on any atom is 0.0410 e. The highest BCUT2D eigenvalue weighted by atomic mass is 14.9. The zero-order chi connectivity index (χ0) is 13.0. The molecule has 0 aliphatic carbocycles. The summed E-state index contributed by atoms with van der Waals surface area (Å²) in [5.41, 5.74) is 2.74. The van der Waals surface area contributed by atoms with Crippen molar-refractivity contribution in [2.24, 2.45) is 0 Å². The Hall–Kier alpha value is -1.60. The van der Waals surface area contributed by atoms with Gasteiger partial charge in [-0.15, -0.1) is 0 Å². The Balaban J connectivity index is 2.38. The molecule has 0 bridgehead atoms. The summed E-state index contributed by atoms with van der Waals surface area (Å²) in [6, 6.07) is 21.6. The predicted molar refractivity (Wildman–Crippen MR) is 77.7 cm³/mol. The standard InChI is InChI=1S/C17H21N/c1-17(2,15-12-8-5-9-13-15)16(18-3)14-10-6-4-7-11-14/h4-13,16,18H,1-3H3. The summed E-state index contributed by atoms with van der Waals surface area (Å²) in [7, 11) is 2.03. The molecular weight excluding hydrogens is 218 g/mol. The predicted octanol–water partition coefficient (Wildman–Crippen LogP) is 3.92. The van der Waals surface area contributed by atoms with Crippen LogP contribution in [0.4, 0.5) is 0 Å². The van der Waals surface area contributed by atoms with E-state index >= 15 is 0 Å². The van der Waals surface area contributed by atoms with E-state index in [4.69, 9.17) is 0 Å². The SMILES string of the molecule is CNC(c1ccccc1)C(C)(C)c1ccccc1. The summed E-state index contributed by atoms with van der Waals surface area (Å²) >= 11 is 0. The van der Waals surface area contributed by atoms with E-state index in [1.807, 2.05) is 7.05 Å². The third-order valence-electron chi connectivity index (χ3n) is 3.66. The minimum absolute atomic E-state index is 0.0529. The number of rotatable bonds is 4. The lowest BCUT2D eigenvalue weighted by atomic mass is 9.75. The molecule has 0 saturated carbocycles. The first-order valence-electron chi connectivity index (χ1n) is 6.44. The molecule has 0 aromatic heterocycles. The van der Waals surface area contributed by atoms with E-state index in [1.54, 1.807) is 0 Å². The molecule has 2 rings (SSSR count). The van der Waals surface area contributed by atoms with Crippen LogP contribution in [-0.2, 0) is 5.41 Å². The Morgan fingerprint density at radius 3 is 1.83 bits per heavy atom. The van der Waals surface area contributed by atoms with Gasteiger partial charge in [0.15, 0.2) is 0 Å². The normalized spacial score (nSPS) is 13.3. The lowest BCUT2D eigenvalue weighted by molar-refractivity contribution is 0.368. The zero-order valence-corrected chi connectivity index (χ0v) is 11.4. The molecule has 0 amide bonds. The molecule has 2 aromatic carbocycles. The summed E-state index contributed by atoms with van der Waals surface area (Å²) in [5, 5.41) is 3.46. The summed E-state index contributed by atoms with van der Waals surface area (Å²) < 4.78 is 0. The fourth-order valence-electron chi connectivity index (χ4n) is 2.62. The number of benzene rings is 2. The van der Waals surface area contributed by atoms with E-state index in [0.29, 0.717) is 6.04 Å². The van der Waals surface area contributed by atoms with Crippen molar-refractivity contribution in [2.75, 3.05) is 7.05 Å². The highest BCUT2D eigenvalue weighted by molar-refractivity contribution is 5.31. The van der Waals surface area contributed by atoms with Crippen LogP contribution in [0.3, 0.4) is 0 Å². The smallest absolute Gasteiger partial charge is 0.0410 e. The van der Waals surface area contributed by atoms with Crippen molar-refractivity contribution in [3.63, 3.8) is 0 Å². The van der Waals surface area contributed by atoms with E-state index in [0.717, 1.165) is 0 Å². The van der Waals surface area contributed by atoms with E-state index in [1.165, 1.54) is 11.1 Å². The Kier molecular flexibility index (Phi) is 3.83. The second kappa shape index (κ2) is 5.36. The van der Waals surface area contributed by atoms with Gasteiger partial charge in [-0.05, 0) is 18.2 Å². The van der Waals surface area contributed by atoms with E-state index in [-0.39, 0.29) is 5.41 Å². The van der Waals surface area contributed by atoms with Crippen molar-refractivity contribution in [1.29, 1.82) is 0 Å². The third-order valence-corrected chi connectivity index (χ3v) is 3.66. The molecule has 1 heteroatoms. The fourth-order valence-corrected chi connectivity index (χ4v) is 2.62. The number of hydrogen-bond acceptors (Lipinski definition) is 1. The van der Waals surface area contributed by atoms with Crippen LogP contribution in [0.25, 0.3) is 0 Å². The number of hydrogen-bond donors (Lipinski definition) is 1. The van der Waals surface area contributed by atoms with Gasteiger partial charge in [0.25, 0.3) is 0 Å². The first kappa shape index (κ1) is 12.8. The van der Waals surface area contributed by atoms with Crippen LogP contribution in [0, 0.1) is 0 Å². The fraction of sp³-hybridized carbons (Fsp3) is 0.294. The Bertz CT molecular complexity index is 473. The van der Waals surface area contributed by atoms with Gasteiger partial charge < -0.3 is 5.32 Å². The van der Waals surface area contributed by atoms with Crippen LogP contribution < -0.4 is 5.32 Å². The minimum atomic E-state index is 0.0529. The van der Waals surface area contributed by atoms with Gasteiger partial charge >= 0.3 is 0 Å². The summed E-state index contributed by atoms with van der Waals surface area (Å²) in [6.45, 7) is 4.58. The average molecular weight is 239 g/mol. The Morgan fingerprint density at radius 1 is 0.833 bits per heavy atom. The molecule has 2 aromatic rings. The van der Waals surface area contributed by atoms with Crippen LogP contribution in [0.2, 0.25) is 0 Å². The molecule has 0 saturated heterocycles. The third kappa shape index (κ3) is 2.46. The molecule has 0 radical (unpaired) electrons. The van der Waals surface area contributed by atoms with Gasteiger partial charge in [-0.1, -0.05) is 74.5 Å². The van der Waals surface area contributed by atoms with Crippen LogP contribution in [-0.4, -0.2) is 7.05 Å². The van der Waals surface area contributed by atoms with Gasteiger partial charge in [-0.3, -0.25) is 0 Å². The van der Waals surface area contributed by atoms with Gasteiger partial charge in [-0.2, -0.15) is 0 Å². The average Bonchev–Trinajstić information content (AvgIpc) is 2.41. The molecule has 0 heterocycles. The molecule has 1 nitrogen and oxygen atoms in total. The lowest BCUT2D eigenvalue weighted by Gasteiger charge is -2.35. The number of nitrogens with one attached hydrogen (secondary N) is 1. The van der Waals surface area contributed by atoms with Crippen molar-refractivity contribution >= 4 is 0 Å². The molecule has 1 N–H and O–H groups in total. The highest BCUT2D eigenvalue weighted by Gasteiger charge is 2.31. The van der Waals surface area contributed by atoms with E-state index in [2.05, 4.69) is 79.8 Å². The molecule has 94 valence electrons. The first-order chi connectivity index (χ1) is 8.66. The monoisotopic (exact) mass is 239 g/mol. The molecule has 0 fully saturated rings. The molecular formula is C17H21N. The van der Waals surface area contributed by atoms with Crippen molar-refractivity contribution in [2.45, 2.75) is 25.3 Å². The molecule has 18 heavy (non-hydrogen) atoms. The molecule has 1 unspecified atom stereocenters. The van der Waals surface area contributed by atoms with Gasteiger partial charge in [0, 0.05) is 11.5 Å². The summed E-state index contributed by atoms with van der Waals surface area (Å²) in [6.07, 6.45) is 0. The first-order valence-corrected chi connectivity index (χ1v) is 6.44. The van der Waals surface area contributed by atoms with Crippen LogP contribution in [0.1, 0.15) is 31.0 Å². The molecule has 0 aliphatic rings.